The maximum absolute atomic E-state index is 14.4. The van der Waals surface area contributed by atoms with Gasteiger partial charge in [0.2, 0.25) is 0 Å². The summed E-state index contributed by atoms with van der Waals surface area (Å²) in [6, 6.07) is 5.95. The van der Waals surface area contributed by atoms with Crippen molar-refractivity contribution in [3.05, 3.63) is 57.9 Å². The highest BCUT2D eigenvalue weighted by atomic mass is 35.5. The Bertz CT molecular complexity index is 993. The van der Waals surface area contributed by atoms with Crippen molar-refractivity contribution in [1.82, 2.24) is 15.2 Å². The molecule has 0 bridgehead atoms. The lowest BCUT2D eigenvalue weighted by molar-refractivity contribution is 0.0729. The summed E-state index contributed by atoms with van der Waals surface area (Å²) in [5, 5.41) is 8.14. The normalized spacial score (nSPS) is 16.9. The van der Waals surface area contributed by atoms with Gasteiger partial charge in [-0.15, -0.1) is 0 Å². The second-order valence-corrected chi connectivity index (χ2v) is 6.99. The Morgan fingerprint density at radius 3 is 2.81 bits per heavy atom. The van der Waals surface area contributed by atoms with Gasteiger partial charge in [-0.3, -0.25) is 4.79 Å². The van der Waals surface area contributed by atoms with Gasteiger partial charge in [0.05, 0.1) is 16.6 Å². The van der Waals surface area contributed by atoms with Crippen molar-refractivity contribution < 1.29 is 18.2 Å². The zero-order valence-corrected chi connectivity index (χ0v) is 15.6. The van der Waals surface area contributed by atoms with Crippen LogP contribution in [0.4, 0.5) is 4.39 Å². The summed E-state index contributed by atoms with van der Waals surface area (Å²) in [5.41, 5.74) is 1.10. The van der Waals surface area contributed by atoms with Crippen molar-refractivity contribution in [2.24, 2.45) is 0 Å². The highest BCUT2D eigenvalue weighted by molar-refractivity contribution is 6.33. The molecule has 1 aliphatic rings. The number of hydrogen-bond acceptors (Lipinski definition) is 5. The SMILES string of the molecule is Cc1cc([C@H]2CCCN2C(=O)c2c(-c3c(F)cccc3Cl)noc2C)no1. The fourth-order valence-corrected chi connectivity index (χ4v) is 3.77. The van der Waals surface area contributed by atoms with Gasteiger partial charge in [0.15, 0.2) is 0 Å². The van der Waals surface area contributed by atoms with E-state index in [2.05, 4.69) is 10.3 Å². The number of carbonyl (C=O) groups excluding carboxylic acids is 1. The van der Waals surface area contributed by atoms with E-state index in [1.165, 1.54) is 12.1 Å². The molecule has 1 aromatic carbocycles. The van der Waals surface area contributed by atoms with Crippen LogP contribution in [0.2, 0.25) is 5.02 Å². The minimum Gasteiger partial charge on any atom is -0.361 e. The lowest BCUT2D eigenvalue weighted by Crippen LogP contribution is -2.31. The smallest absolute Gasteiger partial charge is 0.260 e. The van der Waals surface area contributed by atoms with Crippen LogP contribution in [-0.4, -0.2) is 27.7 Å². The van der Waals surface area contributed by atoms with Crippen LogP contribution in [0.1, 0.15) is 46.5 Å². The number of aromatic nitrogens is 2. The van der Waals surface area contributed by atoms with E-state index < -0.39 is 5.82 Å². The average Bonchev–Trinajstić information content (AvgIpc) is 3.34. The van der Waals surface area contributed by atoms with Crippen LogP contribution >= 0.6 is 11.6 Å². The summed E-state index contributed by atoms with van der Waals surface area (Å²) in [7, 11) is 0. The zero-order chi connectivity index (χ0) is 19.1. The summed E-state index contributed by atoms with van der Waals surface area (Å²) in [6.45, 7) is 3.99. The van der Waals surface area contributed by atoms with Crippen molar-refractivity contribution in [3.8, 4) is 11.3 Å². The Hall–Kier alpha value is -2.67. The number of nitrogens with zero attached hydrogens (tertiary/aromatic N) is 3. The summed E-state index contributed by atoms with van der Waals surface area (Å²) in [4.78, 5) is 15.0. The molecule has 1 saturated heterocycles. The quantitative estimate of drug-likeness (QED) is 0.648. The van der Waals surface area contributed by atoms with E-state index in [0.29, 0.717) is 23.8 Å². The van der Waals surface area contributed by atoms with E-state index in [1.807, 2.05) is 6.07 Å². The Balaban J connectivity index is 1.76. The third kappa shape index (κ3) is 3.02. The lowest BCUT2D eigenvalue weighted by atomic mass is 10.0. The first-order chi connectivity index (χ1) is 13.0. The number of hydrogen-bond donors (Lipinski definition) is 0. The summed E-state index contributed by atoms with van der Waals surface area (Å²) < 4.78 is 24.8. The lowest BCUT2D eigenvalue weighted by Gasteiger charge is -2.23. The van der Waals surface area contributed by atoms with Gasteiger partial charge in [0.1, 0.15) is 34.3 Å². The fraction of sp³-hybridized carbons (Fsp3) is 0.316. The molecule has 6 nitrogen and oxygen atoms in total. The van der Waals surface area contributed by atoms with Gasteiger partial charge >= 0.3 is 0 Å². The molecule has 27 heavy (non-hydrogen) atoms. The number of likely N-dealkylation sites (tertiary alicyclic amines) is 1. The summed E-state index contributed by atoms with van der Waals surface area (Å²) in [5.74, 6) is 0.154. The Morgan fingerprint density at radius 1 is 1.30 bits per heavy atom. The van der Waals surface area contributed by atoms with Gasteiger partial charge < -0.3 is 13.9 Å². The number of halogens is 2. The van der Waals surface area contributed by atoms with Gasteiger partial charge in [0.25, 0.3) is 5.91 Å². The number of carbonyl (C=O) groups is 1. The predicted molar refractivity (Wildman–Crippen MR) is 95.9 cm³/mol. The highest BCUT2D eigenvalue weighted by Crippen LogP contribution is 2.37. The van der Waals surface area contributed by atoms with E-state index in [1.54, 1.807) is 24.8 Å². The molecule has 1 fully saturated rings. The first-order valence-corrected chi connectivity index (χ1v) is 9.00. The van der Waals surface area contributed by atoms with Crippen LogP contribution in [0.15, 0.2) is 33.3 Å². The van der Waals surface area contributed by atoms with Gasteiger partial charge in [-0.1, -0.05) is 28.0 Å². The summed E-state index contributed by atoms with van der Waals surface area (Å²) in [6.07, 6.45) is 1.61. The number of rotatable bonds is 3. The first kappa shape index (κ1) is 17.7. The molecule has 4 rings (SSSR count). The first-order valence-electron chi connectivity index (χ1n) is 8.62. The molecular formula is C19H17ClFN3O3. The van der Waals surface area contributed by atoms with Crippen LogP contribution in [0.5, 0.6) is 0 Å². The Morgan fingerprint density at radius 2 is 2.11 bits per heavy atom. The number of aryl methyl sites for hydroxylation is 2. The van der Waals surface area contributed by atoms with Crippen LogP contribution in [0.3, 0.4) is 0 Å². The standard InChI is InChI=1S/C19H17ClFN3O3/c1-10-9-14(22-26-10)15-7-4-8-24(15)19(25)16-11(2)27-23-18(16)17-12(20)5-3-6-13(17)21/h3,5-6,9,15H,4,7-8H2,1-2H3/t15-/m1/s1. The third-order valence-corrected chi connectivity index (χ3v) is 5.09. The van der Waals surface area contributed by atoms with Crippen molar-refractivity contribution in [3.63, 3.8) is 0 Å². The molecule has 3 heterocycles. The van der Waals surface area contributed by atoms with Crippen LogP contribution in [0, 0.1) is 19.7 Å². The number of amides is 1. The van der Waals surface area contributed by atoms with E-state index in [4.69, 9.17) is 20.6 Å². The molecule has 140 valence electrons. The monoisotopic (exact) mass is 389 g/mol. The molecular weight excluding hydrogens is 373 g/mol. The second kappa shape index (κ2) is 6.81. The largest absolute Gasteiger partial charge is 0.361 e. The second-order valence-electron chi connectivity index (χ2n) is 6.58. The van der Waals surface area contributed by atoms with Gasteiger partial charge in [-0.05, 0) is 38.8 Å². The van der Waals surface area contributed by atoms with Crippen molar-refractivity contribution in [1.29, 1.82) is 0 Å². The van der Waals surface area contributed by atoms with Crippen molar-refractivity contribution in [2.45, 2.75) is 32.7 Å². The highest BCUT2D eigenvalue weighted by Gasteiger charge is 2.36. The zero-order valence-electron chi connectivity index (χ0n) is 14.8. The molecule has 3 aromatic rings. The average molecular weight is 390 g/mol. The van der Waals surface area contributed by atoms with Crippen LogP contribution in [-0.2, 0) is 0 Å². The maximum atomic E-state index is 14.4. The molecule has 0 unspecified atom stereocenters. The van der Waals surface area contributed by atoms with Crippen LogP contribution in [0.25, 0.3) is 11.3 Å². The van der Waals surface area contributed by atoms with E-state index >= 15 is 0 Å². The molecule has 8 heteroatoms. The molecule has 0 N–H and O–H groups in total. The van der Waals surface area contributed by atoms with E-state index in [-0.39, 0.29) is 33.8 Å². The topological polar surface area (TPSA) is 72.4 Å². The number of benzene rings is 1. The summed E-state index contributed by atoms with van der Waals surface area (Å²) >= 11 is 6.17. The van der Waals surface area contributed by atoms with E-state index in [9.17, 15) is 9.18 Å². The van der Waals surface area contributed by atoms with Gasteiger partial charge in [-0.25, -0.2) is 4.39 Å². The third-order valence-electron chi connectivity index (χ3n) is 4.78. The molecule has 0 saturated carbocycles. The van der Waals surface area contributed by atoms with Crippen molar-refractivity contribution >= 4 is 17.5 Å². The Labute approximate surface area is 159 Å². The molecule has 1 atom stereocenters. The molecule has 0 aliphatic carbocycles. The molecule has 2 aromatic heterocycles. The minimum absolute atomic E-state index is 0.0624. The fourth-order valence-electron chi connectivity index (χ4n) is 3.52. The molecule has 0 spiro atoms. The van der Waals surface area contributed by atoms with Gasteiger partial charge in [-0.2, -0.15) is 0 Å². The minimum atomic E-state index is -0.560. The van der Waals surface area contributed by atoms with Gasteiger partial charge in [0, 0.05) is 12.6 Å². The maximum Gasteiger partial charge on any atom is 0.260 e. The molecule has 1 aliphatic heterocycles. The van der Waals surface area contributed by atoms with Crippen molar-refractivity contribution in [2.75, 3.05) is 6.54 Å². The Kier molecular flexibility index (Phi) is 4.47. The predicted octanol–water partition coefficient (Wildman–Crippen LogP) is 4.72. The van der Waals surface area contributed by atoms with E-state index in [0.717, 1.165) is 12.8 Å². The van der Waals surface area contributed by atoms with Crippen LogP contribution < -0.4 is 0 Å². The molecule has 0 radical (unpaired) electrons. The molecule has 1 amide bonds.